The highest BCUT2D eigenvalue weighted by molar-refractivity contribution is 6.33. The van der Waals surface area contributed by atoms with Crippen LogP contribution in [0.4, 0.5) is 10.1 Å². The summed E-state index contributed by atoms with van der Waals surface area (Å²) in [4.78, 5) is 0. The fourth-order valence-corrected chi connectivity index (χ4v) is 1.56. The normalized spacial score (nSPS) is 14.4. The van der Waals surface area contributed by atoms with E-state index in [4.69, 9.17) is 22.1 Å². The van der Waals surface area contributed by atoms with Crippen LogP contribution in [0.3, 0.4) is 0 Å². The molecule has 3 nitrogen and oxygen atoms in total. The summed E-state index contributed by atoms with van der Waals surface area (Å²) in [5.74, 6) is -0.340. The first kappa shape index (κ1) is 14.2. The lowest BCUT2D eigenvalue weighted by Crippen LogP contribution is -2.46. The molecular formula is C12H18ClFN2O. The minimum atomic E-state index is -0.465. The van der Waals surface area contributed by atoms with Crippen LogP contribution in [0.5, 0.6) is 0 Å². The molecule has 0 aromatic heterocycles. The van der Waals surface area contributed by atoms with Gasteiger partial charge < -0.3 is 15.8 Å². The highest BCUT2D eigenvalue weighted by atomic mass is 35.5. The molecule has 0 saturated carbocycles. The zero-order chi connectivity index (χ0) is 12.9. The van der Waals surface area contributed by atoms with Gasteiger partial charge in [0.1, 0.15) is 5.82 Å². The molecule has 0 saturated heterocycles. The Kier molecular flexibility index (Phi) is 5.18. The van der Waals surface area contributed by atoms with Crippen molar-refractivity contribution in [1.82, 2.24) is 0 Å². The van der Waals surface area contributed by atoms with Gasteiger partial charge in [-0.05, 0) is 32.0 Å². The summed E-state index contributed by atoms with van der Waals surface area (Å²) < 4.78 is 18.5. The van der Waals surface area contributed by atoms with Gasteiger partial charge in [-0.25, -0.2) is 4.39 Å². The van der Waals surface area contributed by atoms with Crippen molar-refractivity contribution in [2.75, 3.05) is 25.1 Å². The molecule has 1 unspecified atom stereocenters. The molecule has 17 heavy (non-hydrogen) atoms. The second-order valence-corrected chi connectivity index (χ2v) is 4.56. The molecule has 1 aromatic carbocycles. The van der Waals surface area contributed by atoms with E-state index in [0.717, 1.165) is 0 Å². The molecule has 0 heterocycles. The molecule has 5 heteroatoms. The first-order chi connectivity index (χ1) is 8.00. The van der Waals surface area contributed by atoms with Gasteiger partial charge in [-0.3, -0.25) is 0 Å². The molecule has 0 aliphatic heterocycles. The zero-order valence-electron chi connectivity index (χ0n) is 10.1. The molecule has 3 N–H and O–H groups in total. The number of anilines is 1. The molecule has 96 valence electrons. The Labute approximate surface area is 106 Å². The number of nitrogens with one attached hydrogen (secondary N) is 1. The lowest BCUT2D eigenvalue weighted by Gasteiger charge is -2.30. The highest BCUT2D eigenvalue weighted by Crippen LogP contribution is 2.25. The van der Waals surface area contributed by atoms with Crippen LogP contribution in [-0.4, -0.2) is 25.3 Å². The zero-order valence-corrected chi connectivity index (χ0v) is 10.9. The molecular weight excluding hydrogens is 243 g/mol. The molecule has 0 aliphatic rings. The third-order valence-electron chi connectivity index (χ3n) is 2.44. The summed E-state index contributed by atoms with van der Waals surface area (Å²) in [7, 11) is 0. The van der Waals surface area contributed by atoms with Crippen molar-refractivity contribution in [1.29, 1.82) is 0 Å². The molecule has 1 rings (SSSR count). The lowest BCUT2D eigenvalue weighted by molar-refractivity contribution is 0.112. The topological polar surface area (TPSA) is 47.3 Å². The average molecular weight is 261 g/mol. The monoisotopic (exact) mass is 260 g/mol. The van der Waals surface area contributed by atoms with Crippen LogP contribution in [0.1, 0.15) is 13.8 Å². The van der Waals surface area contributed by atoms with E-state index < -0.39 is 5.54 Å². The van der Waals surface area contributed by atoms with E-state index in [0.29, 0.717) is 30.5 Å². The maximum Gasteiger partial charge on any atom is 0.125 e. The van der Waals surface area contributed by atoms with Crippen LogP contribution in [0.2, 0.25) is 5.02 Å². The minimum Gasteiger partial charge on any atom is -0.379 e. The third-order valence-corrected chi connectivity index (χ3v) is 2.77. The van der Waals surface area contributed by atoms with Crippen LogP contribution in [0, 0.1) is 5.82 Å². The summed E-state index contributed by atoms with van der Waals surface area (Å²) >= 11 is 5.98. The second kappa shape index (κ2) is 6.19. The van der Waals surface area contributed by atoms with E-state index >= 15 is 0 Å². The lowest BCUT2D eigenvalue weighted by atomic mass is 10.0. The van der Waals surface area contributed by atoms with Gasteiger partial charge in [0, 0.05) is 13.2 Å². The third kappa shape index (κ3) is 4.15. The van der Waals surface area contributed by atoms with E-state index in [-0.39, 0.29) is 5.82 Å². The van der Waals surface area contributed by atoms with Gasteiger partial charge in [0.25, 0.3) is 0 Å². The maximum absolute atomic E-state index is 13.1. The van der Waals surface area contributed by atoms with E-state index in [2.05, 4.69) is 5.32 Å². The summed E-state index contributed by atoms with van der Waals surface area (Å²) in [6.07, 6.45) is 0. The van der Waals surface area contributed by atoms with Crippen molar-refractivity contribution in [2.45, 2.75) is 19.4 Å². The minimum absolute atomic E-state index is 0.340. The first-order valence-electron chi connectivity index (χ1n) is 5.52. The maximum atomic E-state index is 13.1. The Bertz CT molecular complexity index is 376. The van der Waals surface area contributed by atoms with Crippen LogP contribution < -0.4 is 11.1 Å². The molecule has 0 amide bonds. The van der Waals surface area contributed by atoms with Crippen LogP contribution >= 0.6 is 11.6 Å². The van der Waals surface area contributed by atoms with Crippen molar-refractivity contribution in [3.05, 3.63) is 29.0 Å². The molecule has 0 fully saturated rings. The van der Waals surface area contributed by atoms with Crippen molar-refractivity contribution in [3.8, 4) is 0 Å². The Morgan fingerprint density at radius 3 is 2.82 bits per heavy atom. The second-order valence-electron chi connectivity index (χ2n) is 4.15. The predicted octanol–water partition coefficient (Wildman–Crippen LogP) is 2.64. The molecule has 1 atom stereocenters. The van der Waals surface area contributed by atoms with Crippen LogP contribution in [0.15, 0.2) is 18.2 Å². The predicted molar refractivity (Wildman–Crippen MR) is 69.0 cm³/mol. The van der Waals surface area contributed by atoms with Gasteiger partial charge in [0.2, 0.25) is 0 Å². The molecule has 0 radical (unpaired) electrons. The fourth-order valence-electron chi connectivity index (χ4n) is 1.39. The van der Waals surface area contributed by atoms with E-state index in [1.54, 1.807) is 0 Å². The standard InChI is InChI=1S/C12H18ClFN2O/c1-3-17-8-12(2,7-15)16-11-6-9(14)4-5-10(11)13/h4-6,16H,3,7-8,15H2,1-2H3. The van der Waals surface area contributed by atoms with E-state index in [1.165, 1.54) is 18.2 Å². The smallest absolute Gasteiger partial charge is 0.125 e. The number of hydrogen-bond acceptors (Lipinski definition) is 3. The van der Waals surface area contributed by atoms with Gasteiger partial charge in [0.15, 0.2) is 0 Å². The fraction of sp³-hybridized carbons (Fsp3) is 0.500. The van der Waals surface area contributed by atoms with Gasteiger partial charge in [-0.1, -0.05) is 11.6 Å². The number of nitrogens with two attached hydrogens (primary N) is 1. The number of hydrogen-bond donors (Lipinski definition) is 2. The molecule has 1 aromatic rings. The van der Waals surface area contributed by atoms with Crippen molar-refractivity contribution < 1.29 is 9.13 Å². The van der Waals surface area contributed by atoms with Crippen LogP contribution in [0.25, 0.3) is 0 Å². The Morgan fingerprint density at radius 1 is 1.53 bits per heavy atom. The summed E-state index contributed by atoms with van der Waals surface area (Å²) in [5, 5.41) is 3.59. The SMILES string of the molecule is CCOCC(C)(CN)Nc1cc(F)ccc1Cl. The van der Waals surface area contributed by atoms with Crippen molar-refractivity contribution in [3.63, 3.8) is 0 Å². The Balaban J connectivity index is 2.82. The van der Waals surface area contributed by atoms with Gasteiger partial charge in [-0.15, -0.1) is 0 Å². The quantitative estimate of drug-likeness (QED) is 0.827. The van der Waals surface area contributed by atoms with Crippen molar-refractivity contribution in [2.24, 2.45) is 5.73 Å². The molecule has 0 spiro atoms. The average Bonchev–Trinajstić information content (AvgIpc) is 2.31. The Hall–Kier alpha value is -0.840. The van der Waals surface area contributed by atoms with E-state index in [1.807, 2.05) is 13.8 Å². The van der Waals surface area contributed by atoms with Crippen LogP contribution in [-0.2, 0) is 4.74 Å². The number of rotatable bonds is 6. The summed E-state index contributed by atoms with van der Waals surface area (Å²) in [5.41, 5.74) is 5.77. The number of ether oxygens (including phenoxy) is 1. The van der Waals surface area contributed by atoms with Crippen molar-refractivity contribution >= 4 is 17.3 Å². The molecule has 0 aliphatic carbocycles. The number of benzene rings is 1. The summed E-state index contributed by atoms with van der Waals surface area (Å²) in [6, 6.07) is 4.18. The summed E-state index contributed by atoms with van der Waals surface area (Å²) in [6.45, 7) is 5.22. The molecule has 0 bridgehead atoms. The van der Waals surface area contributed by atoms with Gasteiger partial charge in [-0.2, -0.15) is 0 Å². The van der Waals surface area contributed by atoms with Gasteiger partial charge in [0.05, 0.1) is 22.9 Å². The largest absolute Gasteiger partial charge is 0.379 e. The first-order valence-corrected chi connectivity index (χ1v) is 5.89. The Morgan fingerprint density at radius 2 is 2.24 bits per heavy atom. The van der Waals surface area contributed by atoms with Gasteiger partial charge >= 0.3 is 0 Å². The number of halogens is 2. The van der Waals surface area contributed by atoms with E-state index in [9.17, 15) is 4.39 Å². The highest BCUT2D eigenvalue weighted by Gasteiger charge is 2.23.